The lowest BCUT2D eigenvalue weighted by Crippen LogP contribution is -2.47. The van der Waals surface area contributed by atoms with Crippen molar-refractivity contribution in [1.82, 2.24) is 55.5 Å². The number of aromatic nitrogens is 4. The van der Waals surface area contributed by atoms with E-state index >= 15 is 0 Å². The summed E-state index contributed by atoms with van der Waals surface area (Å²) < 4.78 is 10.8. The van der Waals surface area contributed by atoms with Gasteiger partial charge in [0, 0.05) is 95.3 Å². The number of carbonyl (C=O) groups is 9. The molecule has 0 spiro atoms. The number of nitrogens with zero attached hydrogens (tertiary/aromatic N) is 6. The number of imidazole rings is 2. The van der Waals surface area contributed by atoms with Crippen molar-refractivity contribution in [1.29, 1.82) is 0 Å². The Balaban J connectivity index is 0.765. The van der Waals surface area contributed by atoms with Gasteiger partial charge in [0.05, 0.1) is 67.8 Å². The molecule has 3 atom stereocenters. The first-order valence-electron chi connectivity index (χ1n) is 31.6. The van der Waals surface area contributed by atoms with Crippen molar-refractivity contribution >= 4 is 86.7 Å². The molecule has 2 aromatic heterocycles. The second kappa shape index (κ2) is 34.1. The molecule has 92 heavy (non-hydrogen) atoms. The number of ether oxygens (including phenoxy) is 2. The minimum atomic E-state index is -1.13. The van der Waals surface area contributed by atoms with Gasteiger partial charge >= 0.3 is 11.9 Å². The van der Waals surface area contributed by atoms with Crippen LogP contribution < -0.4 is 26.6 Å². The van der Waals surface area contributed by atoms with Gasteiger partial charge in [-0.05, 0) is 111 Å². The van der Waals surface area contributed by atoms with Crippen LogP contribution in [0.5, 0.6) is 0 Å². The summed E-state index contributed by atoms with van der Waals surface area (Å²) >= 11 is 0. The maximum absolute atomic E-state index is 13.8. The van der Waals surface area contributed by atoms with Crippen molar-refractivity contribution in [2.75, 3.05) is 77.3 Å². The Morgan fingerprint density at radius 1 is 0.598 bits per heavy atom. The smallest absolute Gasteiger partial charge is 0.305 e. The number of hydrogen-bond donors (Lipinski definition) is 9. The summed E-state index contributed by atoms with van der Waals surface area (Å²) in [6.45, 7) is 5.30. The summed E-state index contributed by atoms with van der Waals surface area (Å²) in [6.07, 6.45) is 4.27. The van der Waals surface area contributed by atoms with E-state index < -0.39 is 54.7 Å². The summed E-state index contributed by atoms with van der Waals surface area (Å²) in [6, 6.07) is 22.4. The molecule has 7 amide bonds. The Kier molecular flexibility index (Phi) is 25.4. The van der Waals surface area contributed by atoms with Gasteiger partial charge in [-0.1, -0.05) is 49.9 Å². The Morgan fingerprint density at radius 3 is 1.57 bits per heavy atom. The van der Waals surface area contributed by atoms with E-state index in [9.17, 15) is 53.4 Å². The van der Waals surface area contributed by atoms with Crippen LogP contribution >= 0.6 is 0 Å². The Hall–Kier alpha value is -9.43. The predicted molar refractivity (Wildman–Crippen MR) is 343 cm³/mol. The molecule has 26 nitrogen and oxygen atoms in total. The molecule has 0 aliphatic carbocycles. The molecule has 4 heterocycles. The van der Waals surface area contributed by atoms with Crippen molar-refractivity contribution in [3.05, 3.63) is 119 Å². The van der Waals surface area contributed by atoms with Gasteiger partial charge < -0.3 is 75.8 Å². The van der Waals surface area contributed by atoms with Crippen LogP contribution in [0.15, 0.2) is 84.9 Å². The van der Waals surface area contributed by atoms with Gasteiger partial charge in [0.15, 0.2) is 0 Å². The SMILES string of the molecule is CCOCCOCCC(=O)N[C@H](CCC(=O)NCCCCCCN1Cc2cc(C(=O)N(C)Cc3nc4ccccc4[nH]3)ccc2N[C@@H](CC(=O)O)C1=O)C(=O)NCCCCCCN1Cc2cc(C(=O)N(C)Cc3nc4ccccc4[nH]3)ccc2N[C@@H](CC(=O)O)C1=O. The topological polar surface area (TPSA) is 343 Å². The fourth-order valence-electron chi connectivity index (χ4n) is 11.3. The zero-order valence-electron chi connectivity index (χ0n) is 52.6. The summed E-state index contributed by atoms with van der Waals surface area (Å²) in [5, 5.41) is 34.2. The van der Waals surface area contributed by atoms with Gasteiger partial charge in [-0.25, -0.2) is 9.97 Å². The number of aliphatic carboxylic acids is 2. The fourth-order valence-corrected chi connectivity index (χ4v) is 11.3. The highest BCUT2D eigenvalue weighted by molar-refractivity contribution is 5.97. The van der Waals surface area contributed by atoms with Gasteiger partial charge in [-0.3, -0.25) is 43.2 Å². The molecule has 0 unspecified atom stereocenters. The van der Waals surface area contributed by atoms with Crippen LogP contribution in [0.1, 0.15) is 134 Å². The first kappa shape index (κ1) is 68.5. The van der Waals surface area contributed by atoms with E-state index in [4.69, 9.17) is 9.47 Å². The average molecular weight is 1270 g/mol. The maximum atomic E-state index is 13.8. The van der Waals surface area contributed by atoms with Crippen molar-refractivity contribution < 1.29 is 62.8 Å². The van der Waals surface area contributed by atoms with E-state index in [1.807, 2.05) is 55.5 Å². The third kappa shape index (κ3) is 20.0. The fraction of sp³-hybridized carbons (Fsp3) is 0.470. The number of H-pyrrole nitrogens is 2. The van der Waals surface area contributed by atoms with Gasteiger partial charge in [-0.15, -0.1) is 0 Å². The molecule has 0 fully saturated rings. The number of amides is 7. The van der Waals surface area contributed by atoms with Gasteiger partial charge in [-0.2, -0.15) is 0 Å². The molecular weight excluding hydrogens is 1180 g/mol. The Bertz CT molecular complexity index is 3490. The van der Waals surface area contributed by atoms with Crippen LogP contribution in [-0.2, 0) is 69.2 Å². The van der Waals surface area contributed by atoms with Crippen LogP contribution in [0.3, 0.4) is 0 Å². The van der Waals surface area contributed by atoms with Crippen molar-refractivity contribution in [2.45, 2.75) is 135 Å². The number of rotatable bonds is 36. The van der Waals surface area contributed by atoms with E-state index in [2.05, 4.69) is 46.5 Å². The van der Waals surface area contributed by atoms with Crippen LogP contribution in [0.4, 0.5) is 11.4 Å². The molecule has 9 N–H and O–H groups in total. The normalized spacial score (nSPS) is 14.9. The number of unbranched alkanes of at least 4 members (excludes halogenated alkanes) is 6. The second-order valence-electron chi connectivity index (χ2n) is 23.3. The van der Waals surface area contributed by atoms with E-state index in [0.717, 1.165) is 22.1 Å². The third-order valence-corrected chi connectivity index (χ3v) is 16.1. The highest BCUT2D eigenvalue weighted by atomic mass is 16.5. The molecule has 492 valence electrons. The molecule has 4 aromatic carbocycles. The quantitative estimate of drug-likeness (QED) is 0.0206. The van der Waals surface area contributed by atoms with Crippen LogP contribution in [0.2, 0.25) is 0 Å². The molecule has 8 rings (SSSR count). The largest absolute Gasteiger partial charge is 0.481 e. The summed E-state index contributed by atoms with van der Waals surface area (Å²) in [4.78, 5) is 140. The lowest BCUT2D eigenvalue weighted by Gasteiger charge is -2.24. The Labute approximate surface area is 533 Å². The zero-order valence-corrected chi connectivity index (χ0v) is 52.6. The molecule has 2 aliphatic rings. The zero-order chi connectivity index (χ0) is 65.5. The van der Waals surface area contributed by atoms with E-state index in [-0.39, 0.29) is 88.1 Å². The number of benzene rings is 4. The monoisotopic (exact) mass is 1270 g/mol. The van der Waals surface area contributed by atoms with Crippen molar-refractivity contribution in [3.63, 3.8) is 0 Å². The molecule has 0 saturated heterocycles. The minimum absolute atomic E-state index is 0.00790. The minimum Gasteiger partial charge on any atom is -0.481 e. The molecule has 2 aliphatic heterocycles. The van der Waals surface area contributed by atoms with Crippen LogP contribution in [0.25, 0.3) is 22.1 Å². The van der Waals surface area contributed by atoms with Crippen molar-refractivity contribution in [2.24, 2.45) is 0 Å². The van der Waals surface area contributed by atoms with Crippen LogP contribution in [0, 0.1) is 0 Å². The molecule has 6 aromatic rings. The number of carbonyl (C=O) groups excluding carboxylic acids is 7. The molecule has 0 saturated carbocycles. The molecule has 0 radical (unpaired) electrons. The highest BCUT2D eigenvalue weighted by Gasteiger charge is 2.33. The summed E-state index contributed by atoms with van der Waals surface area (Å²) in [7, 11) is 3.37. The van der Waals surface area contributed by atoms with E-state index in [0.29, 0.717) is 136 Å². The molecule has 26 heteroatoms. The Morgan fingerprint density at radius 2 is 1.08 bits per heavy atom. The van der Waals surface area contributed by atoms with Gasteiger partial charge in [0.25, 0.3) is 11.8 Å². The number of anilines is 2. The lowest BCUT2D eigenvalue weighted by atomic mass is 10.1. The number of carboxylic acids is 2. The number of aromatic amines is 2. The average Bonchev–Trinajstić information content (AvgIpc) is 1.65. The molecular formula is C66H85N13O13. The summed E-state index contributed by atoms with van der Waals surface area (Å²) in [5.74, 6) is -3.38. The first-order chi connectivity index (χ1) is 44.4. The highest BCUT2D eigenvalue weighted by Crippen LogP contribution is 2.29. The van der Waals surface area contributed by atoms with Crippen molar-refractivity contribution in [3.8, 4) is 0 Å². The lowest BCUT2D eigenvalue weighted by molar-refractivity contribution is -0.141. The third-order valence-electron chi connectivity index (χ3n) is 16.1. The second-order valence-corrected chi connectivity index (χ2v) is 23.3. The number of hydrogen-bond acceptors (Lipinski definition) is 15. The number of fused-ring (bicyclic) bond motifs is 4. The number of carboxylic acid groups (broad SMARTS) is 2. The van der Waals surface area contributed by atoms with Crippen LogP contribution in [-0.4, -0.2) is 188 Å². The number of para-hydroxylation sites is 4. The number of nitrogens with one attached hydrogen (secondary N) is 7. The molecule has 0 bridgehead atoms. The van der Waals surface area contributed by atoms with E-state index in [1.165, 1.54) is 0 Å². The predicted octanol–water partition coefficient (Wildman–Crippen LogP) is 5.94. The van der Waals surface area contributed by atoms with Gasteiger partial charge in [0.1, 0.15) is 29.8 Å². The first-order valence-corrected chi connectivity index (χ1v) is 31.6. The van der Waals surface area contributed by atoms with E-state index in [1.54, 1.807) is 70.1 Å². The summed E-state index contributed by atoms with van der Waals surface area (Å²) in [5.41, 5.74) is 6.63. The standard InChI is InChI=1S/C66H85N13O13/c1-4-91-33-34-92-32-27-59(81)75-53(62(86)68-29-14-6-8-16-31-79-40-46-36-44(22-24-48(46)70-55(66(79)90)38-61(84)85)64(88)77(3)42-57-73-51-19-11-12-20-52(51)74-57)25-26-58(80)67-28-13-5-7-15-30-78-39-45-35-43(21-23-47(45)69-54(65(78)89)37-60(82)83)63(87)76(2)41-56-71-49-17-9-10-18-50(49)72-56/h9-12,17-24,35-36,53-55,69-70H,4-8,13-16,25-34,37-42H2,1-3H3,(H,67,80)(H,68,86)(H,71,72)(H,73,74)(H,75,81)(H,82,83)(H,84,85)/t53-,54+,55+/m1/s1. The maximum Gasteiger partial charge on any atom is 0.305 e. The van der Waals surface area contributed by atoms with Gasteiger partial charge in [0.2, 0.25) is 29.5 Å².